The first-order valence-electron chi connectivity index (χ1n) is 6.06. The van der Waals surface area contributed by atoms with Crippen LogP contribution in [0.2, 0.25) is 0 Å². The Morgan fingerprint density at radius 2 is 2.22 bits per heavy atom. The maximum Gasteiger partial charge on any atom is 0.137 e. The number of ether oxygens (including phenoxy) is 1. The van der Waals surface area contributed by atoms with Gasteiger partial charge < -0.3 is 10.5 Å². The normalized spacial score (nSPS) is 17.4. The second-order valence-electron chi connectivity index (χ2n) is 4.39. The summed E-state index contributed by atoms with van der Waals surface area (Å²) in [7, 11) is 0. The zero-order valence-corrected chi connectivity index (χ0v) is 11.0. The van der Waals surface area contributed by atoms with Gasteiger partial charge in [-0.25, -0.2) is 4.39 Å². The standard InChI is InChI=1S/C13H17FN2OS/c14-12-10(3-1-4-11(12)13(15)18)9-16-5-2-7-17-8-6-16/h1,3-4H,2,5-9H2,(H2,15,18). The summed E-state index contributed by atoms with van der Waals surface area (Å²) in [6.45, 7) is 3.82. The third kappa shape index (κ3) is 3.25. The lowest BCUT2D eigenvalue weighted by atomic mass is 10.1. The summed E-state index contributed by atoms with van der Waals surface area (Å²) in [5.41, 5.74) is 6.47. The van der Waals surface area contributed by atoms with E-state index in [0.29, 0.717) is 24.3 Å². The molecule has 18 heavy (non-hydrogen) atoms. The van der Waals surface area contributed by atoms with E-state index < -0.39 is 0 Å². The fourth-order valence-corrected chi connectivity index (χ4v) is 2.25. The minimum atomic E-state index is -0.296. The van der Waals surface area contributed by atoms with Crippen molar-refractivity contribution < 1.29 is 9.13 Å². The molecule has 1 heterocycles. The Kier molecular flexibility index (Phi) is 4.63. The van der Waals surface area contributed by atoms with E-state index in [2.05, 4.69) is 4.90 Å². The van der Waals surface area contributed by atoms with Gasteiger partial charge in [0.2, 0.25) is 0 Å². The van der Waals surface area contributed by atoms with E-state index in [1.54, 1.807) is 18.2 Å². The van der Waals surface area contributed by atoms with Crippen molar-refractivity contribution in [2.24, 2.45) is 5.73 Å². The summed E-state index contributed by atoms with van der Waals surface area (Å²) in [6, 6.07) is 5.19. The van der Waals surface area contributed by atoms with Gasteiger partial charge in [-0.1, -0.05) is 24.4 Å². The van der Waals surface area contributed by atoms with Crippen molar-refractivity contribution in [2.75, 3.05) is 26.3 Å². The molecule has 0 radical (unpaired) electrons. The van der Waals surface area contributed by atoms with E-state index in [-0.39, 0.29) is 10.8 Å². The lowest BCUT2D eigenvalue weighted by Crippen LogP contribution is -2.26. The van der Waals surface area contributed by atoms with Gasteiger partial charge in [0, 0.05) is 37.4 Å². The molecule has 0 aliphatic carbocycles. The van der Waals surface area contributed by atoms with Crippen molar-refractivity contribution in [3.05, 3.63) is 35.1 Å². The van der Waals surface area contributed by atoms with E-state index >= 15 is 0 Å². The highest BCUT2D eigenvalue weighted by Gasteiger charge is 2.14. The Balaban J connectivity index is 2.13. The van der Waals surface area contributed by atoms with Gasteiger partial charge in [0.25, 0.3) is 0 Å². The number of benzene rings is 1. The van der Waals surface area contributed by atoms with Gasteiger partial charge in [-0.05, 0) is 12.5 Å². The molecule has 0 aromatic heterocycles. The van der Waals surface area contributed by atoms with E-state index in [0.717, 1.165) is 26.1 Å². The molecule has 5 heteroatoms. The van der Waals surface area contributed by atoms with Gasteiger partial charge >= 0.3 is 0 Å². The van der Waals surface area contributed by atoms with Crippen LogP contribution in [0, 0.1) is 5.82 Å². The van der Waals surface area contributed by atoms with Gasteiger partial charge in [0.05, 0.1) is 6.61 Å². The van der Waals surface area contributed by atoms with Crippen LogP contribution in [0.3, 0.4) is 0 Å². The molecule has 1 fully saturated rings. The van der Waals surface area contributed by atoms with Gasteiger partial charge in [-0.3, -0.25) is 4.90 Å². The second kappa shape index (κ2) is 6.22. The highest BCUT2D eigenvalue weighted by Crippen LogP contribution is 2.16. The smallest absolute Gasteiger partial charge is 0.137 e. The molecule has 0 saturated carbocycles. The highest BCUT2D eigenvalue weighted by molar-refractivity contribution is 7.80. The summed E-state index contributed by atoms with van der Waals surface area (Å²) in [5.74, 6) is -0.296. The summed E-state index contributed by atoms with van der Waals surface area (Å²) in [4.78, 5) is 2.29. The largest absolute Gasteiger partial charge is 0.389 e. The van der Waals surface area contributed by atoms with Gasteiger partial charge in [-0.15, -0.1) is 0 Å². The zero-order chi connectivity index (χ0) is 13.0. The molecular formula is C13H17FN2OS. The molecule has 0 unspecified atom stereocenters. The zero-order valence-electron chi connectivity index (χ0n) is 10.2. The first-order chi connectivity index (χ1) is 8.68. The van der Waals surface area contributed by atoms with Gasteiger partial charge in [0.1, 0.15) is 10.8 Å². The number of hydrogen-bond acceptors (Lipinski definition) is 3. The third-order valence-corrected chi connectivity index (χ3v) is 3.27. The molecule has 1 aliphatic rings. The second-order valence-corrected chi connectivity index (χ2v) is 4.82. The van der Waals surface area contributed by atoms with Crippen LogP contribution < -0.4 is 5.73 Å². The molecule has 2 rings (SSSR count). The number of hydrogen-bond donors (Lipinski definition) is 1. The van der Waals surface area contributed by atoms with Crippen molar-refractivity contribution in [1.82, 2.24) is 4.90 Å². The number of halogens is 1. The molecule has 0 bridgehead atoms. The molecule has 1 aromatic carbocycles. The molecule has 3 nitrogen and oxygen atoms in total. The Morgan fingerprint density at radius 3 is 3.00 bits per heavy atom. The molecule has 2 N–H and O–H groups in total. The van der Waals surface area contributed by atoms with E-state index in [1.807, 2.05) is 0 Å². The highest BCUT2D eigenvalue weighted by atomic mass is 32.1. The van der Waals surface area contributed by atoms with Crippen molar-refractivity contribution in [2.45, 2.75) is 13.0 Å². The minimum Gasteiger partial charge on any atom is -0.389 e. The van der Waals surface area contributed by atoms with Crippen LogP contribution in [0.1, 0.15) is 17.5 Å². The van der Waals surface area contributed by atoms with Crippen LogP contribution in [0.5, 0.6) is 0 Å². The first-order valence-corrected chi connectivity index (χ1v) is 6.46. The predicted octanol–water partition coefficient (Wildman–Crippen LogP) is 1.68. The van der Waals surface area contributed by atoms with Crippen LogP contribution in [-0.4, -0.2) is 36.2 Å². The average molecular weight is 268 g/mol. The van der Waals surface area contributed by atoms with E-state index in [9.17, 15) is 4.39 Å². The van der Waals surface area contributed by atoms with Crippen LogP contribution >= 0.6 is 12.2 Å². The lowest BCUT2D eigenvalue weighted by Gasteiger charge is -2.19. The van der Waals surface area contributed by atoms with Crippen molar-refractivity contribution in [3.8, 4) is 0 Å². The number of thiocarbonyl (C=S) groups is 1. The van der Waals surface area contributed by atoms with E-state index in [4.69, 9.17) is 22.7 Å². The van der Waals surface area contributed by atoms with Crippen LogP contribution in [-0.2, 0) is 11.3 Å². The predicted molar refractivity (Wildman–Crippen MR) is 73.0 cm³/mol. The topological polar surface area (TPSA) is 38.5 Å². The lowest BCUT2D eigenvalue weighted by molar-refractivity contribution is 0.140. The van der Waals surface area contributed by atoms with Crippen molar-refractivity contribution in [1.29, 1.82) is 0 Å². The Morgan fingerprint density at radius 1 is 1.39 bits per heavy atom. The first kappa shape index (κ1) is 13.4. The van der Waals surface area contributed by atoms with Crippen molar-refractivity contribution in [3.63, 3.8) is 0 Å². The summed E-state index contributed by atoms with van der Waals surface area (Å²) in [6.07, 6.45) is 0.983. The van der Waals surface area contributed by atoms with Crippen LogP contribution in [0.4, 0.5) is 4.39 Å². The van der Waals surface area contributed by atoms with Crippen LogP contribution in [0.15, 0.2) is 18.2 Å². The molecule has 1 aliphatic heterocycles. The molecule has 98 valence electrons. The quantitative estimate of drug-likeness (QED) is 0.847. The molecule has 1 aromatic rings. The molecule has 0 spiro atoms. The maximum absolute atomic E-state index is 14.2. The maximum atomic E-state index is 14.2. The van der Waals surface area contributed by atoms with Gasteiger partial charge in [0.15, 0.2) is 0 Å². The number of nitrogens with two attached hydrogens (primary N) is 1. The van der Waals surface area contributed by atoms with Crippen LogP contribution in [0.25, 0.3) is 0 Å². The summed E-state index contributed by atoms with van der Waals surface area (Å²) < 4.78 is 19.5. The monoisotopic (exact) mass is 268 g/mol. The molecule has 1 saturated heterocycles. The Bertz CT molecular complexity index is 431. The number of rotatable bonds is 3. The summed E-state index contributed by atoms with van der Waals surface area (Å²) in [5, 5.41) is 0. The third-order valence-electron chi connectivity index (χ3n) is 3.05. The fourth-order valence-electron chi connectivity index (χ4n) is 2.09. The summed E-state index contributed by atoms with van der Waals surface area (Å²) >= 11 is 4.84. The SMILES string of the molecule is NC(=S)c1cccc(CN2CCCOCC2)c1F. The minimum absolute atomic E-state index is 0.105. The molecule has 0 atom stereocenters. The Labute approximate surface area is 112 Å². The van der Waals surface area contributed by atoms with Crippen molar-refractivity contribution >= 4 is 17.2 Å². The Hall–Kier alpha value is -1.04. The number of nitrogens with zero attached hydrogens (tertiary/aromatic N) is 1. The average Bonchev–Trinajstić information content (AvgIpc) is 2.60. The van der Waals surface area contributed by atoms with E-state index in [1.165, 1.54) is 0 Å². The van der Waals surface area contributed by atoms with Gasteiger partial charge in [-0.2, -0.15) is 0 Å². The fraction of sp³-hybridized carbons (Fsp3) is 0.462. The molecular weight excluding hydrogens is 251 g/mol. The molecule has 0 amide bonds.